The summed E-state index contributed by atoms with van der Waals surface area (Å²) < 4.78 is 0. The van der Waals surface area contributed by atoms with Gasteiger partial charge in [-0.1, -0.05) is 53.4 Å². The lowest BCUT2D eigenvalue weighted by Gasteiger charge is -2.51. The molecular formula is C19H38N2. The summed E-state index contributed by atoms with van der Waals surface area (Å²) in [5.74, 6) is 0. The van der Waals surface area contributed by atoms with Gasteiger partial charge in [0.05, 0.1) is 0 Å². The van der Waals surface area contributed by atoms with Crippen molar-refractivity contribution >= 4 is 0 Å². The summed E-state index contributed by atoms with van der Waals surface area (Å²) in [7, 11) is 0. The third kappa shape index (κ3) is 4.96. The predicted octanol–water partition coefficient (Wildman–Crippen LogP) is 4.59. The molecule has 2 rings (SSSR count). The zero-order valence-corrected chi connectivity index (χ0v) is 15.0. The summed E-state index contributed by atoms with van der Waals surface area (Å²) >= 11 is 0. The molecule has 0 aromatic heterocycles. The van der Waals surface area contributed by atoms with Gasteiger partial charge in [0, 0.05) is 24.7 Å². The summed E-state index contributed by atoms with van der Waals surface area (Å²) in [4.78, 5) is 2.91. The first kappa shape index (κ1) is 17.3. The molecule has 2 aliphatic rings. The first-order chi connectivity index (χ1) is 10.1. The molecule has 2 heterocycles. The summed E-state index contributed by atoms with van der Waals surface area (Å²) in [5.41, 5.74) is 0.494. The van der Waals surface area contributed by atoms with Crippen molar-refractivity contribution < 1.29 is 0 Å². The molecule has 124 valence electrons. The molecule has 0 radical (unpaired) electrons. The van der Waals surface area contributed by atoms with Gasteiger partial charge >= 0.3 is 0 Å². The van der Waals surface area contributed by atoms with Crippen LogP contribution in [0.2, 0.25) is 0 Å². The molecule has 0 aromatic rings. The molecule has 2 saturated heterocycles. The molecular weight excluding hydrogens is 256 g/mol. The molecule has 2 aliphatic heterocycles. The van der Waals surface area contributed by atoms with Crippen molar-refractivity contribution in [2.75, 3.05) is 13.1 Å². The van der Waals surface area contributed by atoms with Gasteiger partial charge in [0.25, 0.3) is 0 Å². The maximum absolute atomic E-state index is 3.71. The van der Waals surface area contributed by atoms with E-state index in [0.717, 1.165) is 24.7 Å². The molecule has 0 aromatic carbocycles. The van der Waals surface area contributed by atoms with Gasteiger partial charge < -0.3 is 5.32 Å². The molecule has 1 N–H and O–H groups in total. The molecule has 2 bridgehead atoms. The van der Waals surface area contributed by atoms with Gasteiger partial charge in [-0.05, 0) is 44.1 Å². The van der Waals surface area contributed by atoms with E-state index in [0.29, 0.717) is 5.41 Å². The molecule has 21 heavy (non-hydrogen) atoms. The van der Waals surface area contributed by atoms with Gasteiger partial charge in [0.15, 0.2) is 0 Å². The number of nitrogens with one attached hydrogen (secondary N) is 1. The van der Waals surface area contributed by atoms with E-state index >= 15 is 0 Å². The number of rotatable bonds is 8. The van der Waals surface area contributed by atoms with E-state index in [1.807, 2.05) is 0 Å². The second kappa shape index (κ2) is 7.97. The largest absolute Gasteiger partial charge is 0.314 e. The highest BCUT2D eigenvalue weighted by Crippen LogP contribution is 2.37. The molecule has 0 amide bonds. The Morgan fingerprint density at radius 2 is 1.71 bits per heavy atom. The van der Waals surface area contributed by atoms with Crippen molar-refractivity contribution in [3.05, 3.63) is 0 Å². The van der Waals surface area contributed by atoms with E-state index in [1.54, 1.807) is 0 Å². The highest BCUT2D eigenvalue weighted by molar-refractivity contribution is 4.96. The highest BCUT2D eigenvalue weighted by atomic mass is 15.2. The fourth-order valence-electron chi connectivity index (χ4n) is 4.62. The molecule has 0 saturated carbocycles. The van der Waals surface area contributed by atoms with Crippen LogP contribution in [0, 0.1) is 5.41 Å². The van der Waals surface area contributed by atoms with Crippen molar-refractivity contribution in [3.8, 4) is 0 Å². The van der Waals surface area contributed by atoms with Crippen LogP contribution in [0.5, 0.6) is 0 Å². The lowest BCUT2D eigenvalue weighted by molar-refractivity contribution is -0.00430. The first-order valence-corrected chi connectivity index (χ1v) is 9.55. The number of hydrogen-bond donors (Lipinski definition) is 1. The van der Waals surface area contributed by atoms with Crippen molar-refractivity contribution in [1.29, 1.82) is 0 Å². The van der Waals surface area contributed by atoms with Crippen LogP contribution in [0.3, 0.4) is 0 Å². The summed E-state index contributed by atoms with van der Waals surface area (Å²) in [6.45, 7) is 12.0. The van der Waals surface area contributed by atoms with E-state index in [-0.39, 0.29) is 0 Å². The maximum atomic E-state index is 3.71. The monoisotopic (exact) mass is 294 g/mol. The van der Waals surface area contributed by atoms with E-state index in [4.69, 9.17) is 0 Å². The zero-order valence-electron chi connectivity index (χ0n) is 15.0. The quantitative estimate of drug-likeness (QED) is 0.659. The van der Waals surface area contributed by atoms with Crippen LogP contribution in [0.4, 0.5) is 0 Å². The van der Waals surface area contributed by atoms with Crippen LogP contribution in [0.15, 0.2) is 0 Å². The Kier molecular flexibility index (Phi) is 6.55. The number of fused-ring (bicyclic) bond motifs is 2. The molecule has 2 unspecified atom stereocenters. The van der Waals surface area contributed by atoms with E-state index < -0.39 is 0 Å². The SMILES string of the molecule is CCCCCC(C)(C)CN1C2CCCC1CC(NCC)C2. The summed E-state index contributed by atoms with van der Waals surface area (Å²) in [6, 6.07) is 2.49. The number of hydrogen-bond acceptors (Lipinski definition) is 2. The standard InChI is InChI=1S/C19H38N2/c1-5-7-8-12-19(3,4)15-21-17-10-9-11-18(21)14-16(13-17)20-6-2/h16-18,20H,5-15H2,1-4H3. The minimum atomic E-state index is 0.494. The van der Waals surface area contributed by atoms with Crippen molar-refractivity contribution in [3.63, 3.8) is 0 Å². The smallest absolute Gasteiger partial charge is 0.0113 e. The van der Waals surface area contributed by atoms with Gasteiger partial charge in [0.1, 0.15) is 0 Å². The predicted molar refractivity (Wildman–Crippen MR) is 92.8 cm³/mol. The van der Waals surface area contributed by atoms with Gasteiger partial charge in [0.2, 0.25) is 0 Å². The second-order valence-corrected chi connectivity index (χ2v) is 8.26. The first-order valence-electron chi connectivity index (χ1n) is 9.55. The molecule has 0 aliphatic carbocycles. The molecule has 2 nitrogen and oxygen atoms in total. The Hall–Kier alpha value is -0.0800. The Labute approximate surface area is 133 Å². The van der Waals surface area contributed by atoms with E-state index in [9.17, 15) is 0 Å². The highest BCUT2D eigenvalue weighted by Gasteiger charge is 2.39. The molecule has 2 fully saturated rings. The Morgan fingerprint density at radius 3 is 2.29 bits per heavy atom. The van der Waals surface area contributed by atoms with Gasteiger partial charge in [-0.2, -0.15) is 0 Å². The number of piperidine rings is 2. The minimum absolute atomic E-state index is 0.494. The average molecular weight is 295 g/mol. The van der Waals surface area contributed by atoms with Crippen LogP contribution < -0.4 is 5.32 Å². The second-order valence-electron chi connectivity index (χ2n) is 8.26. The number of unbranched alkanes of at least 4 members (excludes halogenated alkanes) is 2. The van der Waals surface area contributed by atoms with Crippen molar-refractivity contribution in [1.82, 2.24) is 10.2 Å². The zero-order chi connectivity index (χ0) is 15.3. The Bertz CT molecular complexity index is 286. The van der Waals surface area contributed by atoms with Crippen LogP contribution in [0.1, 0.15) is 85.5 Å². The summed E-state index contributed by atoms with van der Waals surface area (Å²) in [6.07, 6.45) is 12.6. The fourth-order valence-corrected chi connectivity index (χ4v) is 4.62. The topological polar surface area (TPSA) is 15.3 Å². The molecule has 0 spiro atoms. The third-order valence-corrected chi connectivity index (χ3v) is 5.69. The Morgan fingerprint density at radius 1 is 1.05 bits per heavy atom. The Balaban J connectivity index is 1.90. The lowest BCUT2D eigenvalue weighted by Crippen LogP contribution is -2.58. The van der Waals surface area contributed by atoms with E-state index in [2.05, 4.69) is 37.9 Å². The van der Waals surface area contributed by atoms with Crippen LogP contribution in [0.25, 0.3) is 0 Å². The third-order valence-electron chi connectivity index (χ3n) is 5.69. The van der Waals surface area contributed by atoms with Crippen LogP contribution in [-0.4, -0.2) is 36.1 Å². The van der Waals surface area contributed by atoms with Gasteiger partial charge in [-0.25, -0.2) is 0 Å². The van der Waals surface area contributed by atoms with Crippen molar-refractivity contribution in [2.45, 2.75) is 104 Å². The summed E-state index contributed by atoms with van der Waals surface area (Å²) in [5, 5.41) is 3.71. The minimum Gasteiger partial charge on any atom is -0.314 e. The van der Waals surface area contributed by atoms with E-state index in [1.165, 1.54) is 64.3 Å². The molecule has 2 heteroatoms. The van der Waals surface area contributed by atoms with Gasteiger partial charge in [-0.15, -0.1) is 0 Å². The van der Waals surface area contributed by atoms with Crippen LogP contribution in [-0.2, 0) is 0 Å². The average Bonchev–Trinajstić information content (AvgIpc) is 2.39. The maximum Gasteiger partial charge on any atom is 0.0113 e. The fraction of sp³-hybridized carbons (Fsp3) is 1.00. The van der Waals surface area contributed by atoms with Crippen molar-refractivity contribution in [2.24, 2.45) is 5.41 Å². The normalized spacial score (nSPS) is 30.6. The van der Waals surface area contributed by atoms with Crippen LogP contribution >= 0.6 is 0 Å². The van der Waals surface area contributed by atoms with Gasteiger partial charge in [-0.3, -0.25) is 4.90 Å². The molecule has 2 atom stereocenters. The number of nitrogens with zero attached hydrogens (tertiary/aromatic N) is 1. The lowest BCUT2D eigenvalue weighted by atomic mass is 9.78.